The zero-order chi connectivity index (χ0) is 21.1. The molecular weight excluding hydrogens is 404 g/mol. The van der Waals surface area contributed by atoms with Gasteiger partial charge in [-0.3, -0.25) is 9.52 Å². The maximum atomic E-state index is 12.7. The third-order valence-corrected chi connectivity index (χ3v) is 5.74. The first-order valence-electron chi connectivity index (χ1n) is 9.15. The van der Waals surface area contributed by atoms with Crippen LogP contribution in [0.4, 0.5) is 11.4 Å². The van der Waals surface area contributed by atoms with E-state index in [1.807, 2.05) is 6.07 Å². The van der Waals surface area contributed by atoms with Gasteiger partial charge in [0.15, 0.2) is 5.65 Å². The van der Waals surface area contributed by atoms with Gasteiger partial charge in [-0.25, -0.2) is 8.42 Å². The number of rotatable bonds is 6. The molecule has 0 fully saturated rings. The molecule has 4 rings (SSSR count). The number of amides is 1. The average Bonchev–Trinajstić information content (AvgIpc) is 3.22. The Morgan fingerprint density at radius 3 is 2.60 bits per heavy atom. The number of fused-ring (bicyclic) bond motifs is 1. The van der Waals surface area contributed by atoms with Crippen LogP contribution in [0.15, 0.2) is 71.9 Å². The monoisotopic (exact) mass is 422 g/mol. The molecule has 2 N–H and O–H groups in total. The third kappa shape index (κ3) is 4.13. The molecule has 10 heteroatoms. The second-order valence-electron chi connectivity index (χ2n) is 6.46. The van der Waals surface area contributed by atoms with Crippen molar-refractivity contribution in [3.63, 3.8) is 0 Å². The number of hydrogen-bond acceptors (Lipinski definition) is 6. The molecule has 0 radical (unpaired) electrons. The molecule has 0 saturated carbocycles. The Morgan fingerprint density at radius 1 is 1.03 bits per heavy atom. The van der Waals surface area contributed by atoms with Crippen LogP contribution < -0.4 is 10.0 Å². The molecule has 0 atom stereocenters. The lowest BCUT2D eigenvalue weighted by Crippen LogP contribution is -2.13. The summed E-state index contributed by atoms with van der Waals surface area (Å²) in [5.41, 5.74) is 2.96. The van der Waals surface area contributed by atoms with E-state index in [-0.39, 0.29) is 10.8 Å². The van der Waals surface area contributed by atoms with E-state index in [1.165, 1.54) is 18.5 Å². The van der Waals surface area contributed by atoms with Gasteiger partial charge in [0.05, 0.1) is 10.6 Å². The quantitative estimate of drug-likeness (QED) is 0.493. The fourth-order valence-corrected chi connectivity index (χ4v) is 3.85. The number of hydrogen-bond donors (Lipinski definition) is 2. The van der Waals surface area contributed by atoms with Crippen molar-refractivity contribution < 1.29 is 13.2 Å². The minimum absolute atomic E-state index is 0.0893. The molecule has 2 aromatic carbocycles. The van der Waals surface area contributed by atoms with Gasteiger partial charge in [0.2, 0.25) is 5.91 Å². The van der Waals surface area contributed by atoms with Crippen LogP contribution in [0.3, 0.4) is 0 Å². The Morgan fingerprint density at radius 2 is 1.83 bits per heavy atom. The van der Waals surface area contributed by atoms with E-state index in [4.69, 9.17) is 0 Å². The van der Waals surface area contributed by atoms with Crippen LogP contribution in [0.5, 0.6) is 0 Å². The Hall–Kier alpha value is -3.79. The van der Waals surface area contributed by atoms with E-state index in [0.717, 1.165) is 5.56 Å². The smallest absolute Gasteiger partial charge is 0.261 e. The molecule has 0 aliphatic heterocycles. The van der Waals surface area contributed by atoms with Crippen molar-refractivity contribution >= 4 is 33.0 Å². The highest BCUT2D eigenvalue weighted by Gasteiger charge is 2.15. The first kappa shape index (κ1) is 19.5. The van der Waals surface area contributed by atoms with Crippen molar-refractivity contribution in [2.45, 2.75) is 18.2 Å². The number of aromatic nitrogens is 4. The van der Waals surface area contributed by atoms with Gasteiger partial charge < -0.3 is 5.32 Å². The highest BCUT2D eigenvalue weighted by atomic mass is 32.2. The summed E-state index contributed by atoms with van der Waals surface area (Å²) in [7, 11) is -3.80. The Kier molecular flexibility index (Phi) is 5.15. The van der Waals surface area contributed by atoms with Gasteiger partial charge in [0.25, 0.3) is 10.0 Å². The number of nitrogens with one attached hydrogen (secondary N) is 2. The number of benzene rings is 2. The lowest BCUT2D eigenvalue weighted by molar-refractivity contribution is -0.115. The molecular formula is C20H18N6O3S. The van der Waals surface area contributed by atoms with Crippen molar-refractivity contribution in [1.29, 1.82) is 0 Å². The van der Waals surface area contributed by atoms with Crippen molar-refractivity contribution in [3.8, 4) is 11.3 Å². The van der Waals surface area contributed by atoms with E-state index >= 15 is 0 Å². The first-order valence-corrected chi connectivity index (χ1v) is 10.6. The predicted octanol–water partition coefficient (Wildman–Crippen LogP) is 2.94. The maximum absolute atomic E-state index is 12.7. The van der Waals surface area contributed by atoms with Gasteiger partial charge in [-0.15, -0.1) is 10.2 Å². The molecule has 0 aliphatic carbocycles. The minimum Gasteiger partial charge on any atom is -0.326 e. The van der Waals surface area contributed by atoms with Crippen molar-refractivity contribution in [2.75, 3.05) is 10.0 Å². The number of nitrogens with zero attached hydrogens (tertiary/aromatic N) is 4. The summed E-state index contributed by atoms with van der Waals surface area (Å²) < 4.78 is 29.6. The van der Waals surface area contributed by atoms with Gasteiger partial charge in [-0.05, 0) is 48.5 Å². The molecule has 0 saturated heterocycles. The van der Waals surface area contributed by atoms with Gasteiger partial charge in [-0.2, -0.15) is 9.61 Å². The fraction of sp³-hybridized carbons (Fsp3) is 0.100. The zero-order valence-electron chi connectivity index (χ0n) is 16.0. The number of sulfonamides is 1. The lowest BCUT2D eigenvalue weighted by atomic mass is 10.1. The second kappa shape index (κ2) is 7.91. The molecule has 0 spiro atoms. The largest absolute Gasteiger partial charge is 0.326 e. The fourth-order valence-electron chi connectivity index (χ4n) is 2.81. The highest BCUT2D eigenvalue weighted by molar-refractivity contribution is 7.92. The summed E-state index contributed by atoms with van der Waals surface area (Å²) in [4.78, 5) is 11.5. The van der Waals surface area contributed by atoms with E-state index in [0.29, 0.717) is 29.1 Å². The number of anilines is 2. The Labute approximate surface area is 172 Å². The van der Waals surface area contributed by atoms with Gasteiger partial charge >= 0.3 is 0 Å². The van der Waals surface area contributed by atoms with Crippen LogP contribution >= 0.6 is 0 Å². The van der Waals surface area contributed by atoms with E-state index in [1.54, 1.807) is 53.9 Å². The van der Waals surface area contributed by atoms with E-state index in [2.05, 4.69) is 25.3 Å². The summed E-state index contributed by atoms with van der Waals surface area (Å²) >= 11 is 0. The topological polar surface area (TPSA) is 118 Å². The molecule has 0 aliphatic rings. The maximum Gasteiger partial charge on any atom is 0.261 e. The highest BCUT2D eigenvalue weighted by Crippen LogP contribution is 2.23. The first-order chi connectivity index (χ1) is 14.4. The SMILES string of the molecule is CCC(=O)Nc1ccc(S(=O)(=O)Nc2cccc(-c3ccc4nncn4n3)c2)cc1. The van der Waals surface area contributed by atoms with E-state index in [9.17, 15) is 13.2 Å². The summed E-state index contributed by atoms with van der Waals surface area (Å²) in [6.07, 6.45) is 1.84. The molecule has 0 bridgehead atoms. The van der Waals surface area contributed by atoms with Gasteiger partial charge in [0, 0.05) is 23.4 Å². The molecule has 2 heterocycles. The van der Waals surface area contributed by atoms with Crippen LogP contribution in [0.25, 0.3) is 16.9 Å². The number of carbonyl (C=O) groups is 1. The van der Waals surface area contributed by atoms with Crippen molar-refractivity contribution in [3.05, 3.63) is 67.0 Å². The lowest BCUT2D eigenvalue weighted by Gasteiger charge is -2.10. The predicted molar refractivity (Wildman–Crippen MR) is 112 cm³/mol. The molecule has 1 amide bonds. The van der Waals surface area contributed by atoms with E-state index < -0.39 is 10.0 Å². The molecule has 2 aromatic heterocycles. The average molecular weight is 422 g/mol. The van der Waals surface area contributed by atoms with Crippen molar-refractivity contribution in [2.24, 2.45) is 0 Å². The molecule has 30 heavy (non-hydrogen) atoms. The third-order valence-electron chi connectivity index (χ3n) is 4.34. The standard InChI is InChI=1S/C20H18N6O3S/c1-2-20(27)22-15-6-8-17(9-7-15)30(28,29)25-16-5-3-4-14(12-16)18-10-11-19-23-21-13-26(19)24-18/h3-13,25H,2H2,1H3,(H,22,27). The summed E-state index contributed by atoms with van der Waals surface area (Å²) in [6.45, 7) is 1.74. The zero-order valence-corrected chi connectivity index (χ0v) is 16.8. The molecule has 9 nitrogen and oxygen atoms in total. The normalized spacial score (nSPS) is 11.4. The van der Waals surface area contributed by atoms with Crippen LogP contribution in [0.2, 0.25) is 0 Å². The van der Waals surface area contributed by atoms with Gasteiger partial charge in [0.1, 0.15) is 6.33 Å². The molecule has 0 unspecified atom stereocenters. The van der Waals surface area contributed by atoms with Gasteiger partial charge in [-0.1, -0.05) is 19.1 Å². The Bertz CT molecular complexity index is 1320. The summed E-state index contributed by atoms with van der Waals surface area (Å²) in [5, 5.41) is 14.8. The van der Waals surface area contributed by atoms with Crippen LogP contribution in [-0.4, -0.2) is 34.1 Å². The molecule has 152 valence electrons. The van der Waals surface area contributed by atoms with Crippen LogP contribution in [-0.2, 0) is 14.8 Å². The summed E-state index contributed by atoms with van der Waals surface area (Å²) in [5.74, 6) is -0.140. The van der Waals surface area contributed by atoms with Crippen molar-refractivity contribution in [1.82, 2.24) is 19.8 Å². The Balaban J connectivity index is 1.56. The number of carbonyl (C=O) groups excluding carboxylic acids is 1. The molecule has 4 aromatic rings. The van der Waals surface area contributed by atoms with Crippen LogP contribution in [0.1, 0.15) is 13.3 Å². The van der Waals surface area contributed by atoms with Crippen LogP contribution in [0, 0.1) is 0 Å². The second-order valence-corrected chi connectivity index (χ2v) is 8.15. The minimum atomic E-state index is -3.80. The summed E-state index contributed by atoms with van der Waals surface area (Å²) in [6, 6.07) is 16.5.